The van der Waals surface area contributed by atoms with Gasteiger partial charge in [0, 0.05) is 0 Å². The normalized spacial score (nSPS) is 10.3. The lowest BCUT2D eigenvalue weighted by molar-refractivity contribution is 0.305. The van der Waals surface area contributed by atoms with Gasteiger partial charge in [0.05, 0.1) is 0 Å². The lowest BCUT2D eigenvalue weighted by Crippen LogP contribution is -2.29. The zero-order valence-electron chi connectivity index (χ0n) is 11.1. The third-order valence-electron chi connectivity index (χ3n) is 3.08. The number of benzene rings is 2. The fraction of sp³-hybridized carbons (Fsp3) is 0.200. The molecule has 0 bridgehead atoms. The Morgan fingerprint density at radius 1 is 1.00 bits per heavy atom. The Kier molecular flexibility index (Phi) is 4.25. The van der Waals surface area contributed by atoms with Gasteiger partial charge in [-0.05, 0) is 42.6 Å². The van der Waals surface area contributed by atoms with Gasteiger partial charge in [0.1, 0.15) is 12.4 Å². The standard InChI is InChI=1S/C15H17BO3/c1-11-3-4-12(2)13(9-11)10-19-15-7-5-14(6-8-15)16(17)18/h3-9,17-18H,10H2,1-2H3. The number of hydrogen-bond acceptors (Lipinski definition) is 3. The van der Waals surface area contributed by atoms with Crippen LogP contribution in [0.1, 0.15) is 16.7 Å². The van der Waals surface area contributed by atoms with Crippen molar-refractivity contribution in [2.45, 2.75) is 20.5 Å². The van der Waals surface area contributed by atoms with E-state index in [1.54, 1.807) is 24.3 Å². The first-order valence-electron chi connectivity index (χ1n) is 6.21. The summed E-state index contributed by atoms with van der Waals surface area (Å²) in [4.78, 5) is 0. The van der Waals surface area contributed by atoms with Gasteiger partial charge in [-0.1, -0.05) is 35.9 Å². The minimum atomic E-state index is -1.44. The molecule has 0 saturated heterocycles. The van der Waals surface area contributed by atoms with Crippen molar-refractivity contribution in [3.05, 3.63) is 59.2 Å². The first-order valence-corrected chi connectivity index (χ1v) is 6.21. The SMILES string of the molecule is Cc1ccc(C)c(COc2ccc(B(O)O)cc2)c1. The van der Waals surface area contributed by atoms with Crippen LogP contribution in [0.2, 0.25) is 0 Å². The van der Waals surface area contributed by atoms with E-state index < -0.39 is 7.12 Å². The molecule has 4 heteroatoms. The molecule has 0 amide bonds. The summed E-state index contributed by atoms with van der Waals surface area (Å²) in [6.45, 7) is 4.62. The molecule has 0 atom stereocenters. The highest BCUT2D eigenvalue weighted by Crippen LogP contribution is 2.15. The van der Waals surface area contributed by atoms with Crippen LogP contribution in [-0.2, 0) is 6.61 Å². The Bertz CT molecular complexity index is 550. The van der Waals surface area contributed by atoms with E-state index >= 15 is 0 Å². The Balaban J connectivity index is 2.04. The van der Waals surface area contributed by atoms with Crippen molar-refractivity contribution in [2.24, 2.45) is 0 Å². The summed E-state index contributed by atoms with van der Waals surface area (Å²) < 4.78 is 5.70. The summed E-state index contributed by atoms with van der Waals surface area (Å²) >= 11 is 0. The molecule has 3 nitrogen and oxygen atoms in total. The van der Waals surface area contributed by atoms with Gasteiger partial charge in [-0.25, -0.2) is 0 Å². The topological polar surface area (TPSA) is 49.7 Å². The summed E-state index contributed by atoms with van der Waals surface area (Å²) in [6.07, 6.45) is 0. The molecular formula is C15H17BO3. The molecule has 2 N–H and O–H groups in total. The van der Waals surface area contributed by atoms with E-state index in [1.165, 1.54) is 11.1 Å². The molecule has 0 heterocycles. The van der Waals surface area contributed by atoms with E-state index in [9.17, 15) is 0 Å². The molecule has 0 aliphatic heterocycles. The van der Waals surface area contributed by atoms with Gasteiger partial charge >= 0.3 is 7.12 Å². The molecule has 0 aliphatic carbocycles. The summed E-state index contributed by atoms with van der Waals surface area (Å²) in [5.41, 5.74) is 4.03. The predicted octanol–water partition coefficient (Wildman–Crippen LogP) is 1.56. The molecule has 19 heavy (non-hydrogen) atoms. The Labute approximate surface area is 113 Å². The minimum Gasteiger partial charge on any atom is -0.489 e. The predicted molar refractivity (Wildman–Crippen MR) is 76.5 cm³/mol. The van der Waals surface area contributed by atoms with Crippen LogP contribution in [0.15, 0.2) is 42.5 Å². The van der Waals surface area contributed by atoms with Gasteiger partial charge in [0.25, 0.3) is 0 Å². The molecule has 0 fully saturated rings. The summed E-state index contributed by atoms with van der Waals surface area (Å²) in [5, 5.41) is 18.0. The minimum absolute atomic E-state index is 0.457. The van der Waals surface area contributed by atoms with Gasteiger partial charge in [0.15, 0.2) is 0 Å². The highest BCUT2D eigenvalue weighted by Gasteiger charge is 2.10. The molecule has 2 rings (SSSR count). The smallest absolute Gasteiger partial charge is 0.488 e. The largest absolute Gasteiger partial charge is 0.489 e. The van der Waals surface area contributed by atoms with Crippen molar-refractivity contribution >= 4 is 12.6 Å². The Hall–Kier alpha value is -1.78. The molecule has 98 valence electrons. The van der Waals surface area contributed by atoms with Gasteiger partial charge in [0.2, 0.25) is 0 Å². The fourth-order valence-corrected chi connectivity index (χ4v) is 1.85. The van der Waals surface area contributed by atoms with Crippen LogP contribution < -0.4 is 10.2 Å². The molecule has 0 unspecified atom stereocenters. The van der Waals surface area contributed by atoms with E-state index in [2.05, 4.69) is 32.0 Å². The van der Waals surface area contributed by atoms with Gasteiger partial charge in [-0.2, -0.15) is 0 Å². The van der Waals surface area contributed by atoms with Crippen molar-refractivity contribution in [2.75, 3.05) is 0 Å². The summed E-state index contributed by atoms with van der Waals surface area (Å²) in [7, 11) is -1.44. The molecule has 2 aromatic carbocycles. The van der Waals surface area contributed by atoms with Crippen molar-refractivity contribution in [3.8, 4) is 5.75 Å². The van der Waals surface area contributed by atoms with Gasteiger partial charge in [-0.15, -0.1) is 0 Å². The maximum absolute atomic E-state index is 9.00. The summed E-state index contributed by atoms with van der Waals surface area (Å²) in [6, 6.07) is 13.0. The van der Waals surface area contributed by atoms with Crippen LogP contribution >= 0.6 is 0 Å². The van der Waals surface area contributed by atoms with Crippen LogP contribution in [0, 0.1) is 13.8 Å². The van der Waals surface area contributed by atoms with Crippen molar-refractivity contribution in [3.63, 3.8) is 0 Å². The van der Waals surface area contributed by atoms with Crippen LogP contribution in [0.25, 0.3) is 0 Å². The zero-order chi connectivity index (χ0) is 13.8. The number of rotatable bonds is 4. The monoisotopic (exact) mass is 256 g/mol. The second-order valence-corrected chi connectivity index (χ2v) is 4.66. The molecular weight excluding hydrogens is 239 g/mol. The zero-order valence-corrected chi connectivity index (χ0v) is 11.1. The van der Waals surface area contributed by atoms with Gasteiger partial charge in [-0.3, -0.25) is 0 Å². The van der Waals surface area contributed by atoms with Crippen LogP contribution in [0.4, 0.5) is 0 Å². The molecule has 2 aromatic rings. The summed E-state index contributed by atoms with van der Waals surface area (Å²) in [5.74, 6) is 0.713. The second kappa shape index (κ2) is 5.91. The number of aryl methyl sites for hydroxylation is 2. The number of ether oxygens (including phenoxy) is 1. The van der Waals surface area contributed by atoms with E-state index in [-0.39, 0.29) is 0 Å². The highest BCUT2D eigenvalue weighted by atomic mass is 16.5. The third-order valence-corrected chi connectivity index (χ3v) is 3.08. The molecule has 0 saturated carbocycles. The number of hydrogen-bond donors (Lipinski definition) is 2. The third kappa shape index (κ3) is 3.59. The molecule has 0 aliphatic rings. The molecule has 0 spiro atoms. The first-order chi connectivity index (χ1) is 9.06. The van der Waals surface area contributed by atoms with Crippen molar-refractivity contribution in [1.29, 1.82) is 0 Å². The molecule has 0 radical (unpaired) electrons. The van der Waals surface area contributed by atoms with Crippen LogP contribution in [-0.4, -0.2) is 17.2 Å². The quantitative estimate of drug-likeness (QED) is 0.816. The second-order valence-electron chi connectivity index (χ2n) is 4.66. The lowest BCUT2D eigenvalue weighted by atomic mass is 9.80. The average Bonchev–Trinajstić information content (AvgIpc) is 2.40. The average molecular weight is 256 g/mol. The van der Waals surface area contributed by atoms with E-state index in [0.717, 1.165) is 5.56 Å². The van der Waals surface area contributed by atoms with Crippen LogP contribution in [0.5, 0.6) is 5.75 Å². The van der Waals surface area contributed by atoms with Crippen molar-refractivity contribution < 1.29 is 14.8 Å². The van der Waals surface area contributed by atoms with E-state index in [4.69, 9.17) is 14.8 Å². The van der Waals surface area contributed by atoms with Crippen LogP contribution in [0.3, 0.4) is 0 Å². The lowest BCUT2D eigenvalue weighted by Gasteiger charge is -2.10. The fourth-order valence-electron chi connectivity index (χ4n) is 1.85. The maximum atomic E-state index is 9.00. The maximum Gasteiger partial charge on any atom is 0.488 e. The van der Waals surface area contributed by atoms with Gasteiger partial charge < -0.3 is 14.8 Å². The van der Waals surface area contributed by atoms with E-state index in [0.29, 0.717) is 17.8 Å². The highest BCUT2D eigenvalue weighted by molar-refractivity contribution is 6.58. The molecule has 0 aromatic heterocycles. The van der Waals surface area contributed by atoms with Crippen molar-refractivity contribution in [1.82, 2.24) is 0 Å². The first kappa shape index (κ1) is 13.7. The Morgan fingerprint density at radius 3 is 2.32 bits per heavy atom. The Morgan fingerprint density at radius 2 is 1.68 bits per heavy atom. The van der Waals surface area contributed by atoms with E-state index in [1.807, 2.05) is 0 Å².